The lowest BCUT2D eigenvalue weighted by Gasteiger charge is -2.27. The highest BCUT2D eigenvalue weighted by atomic mass is 16.5. The number of amides is 1. The van der Waals surface area contributed by atoms with E-state index >= 15 is 0 Å². The molecule has 5 atom stereocenters. The molecule has 0 aromatic heterocycles. The summed E-state index contributed by atoms with van der Waals surface area (Å²) < 4.78 is 10.1. The number of ketones is 1. The number of carbonyl (C=O) groups excluding carboxylic acids is 3. The maximum atomic E-state index is 12.5. The van der Waals surface area contributed by atoms with E-state index < -0.39 is 42.0 Å². The van der Waals surface area contributed by atoms with Crippen LogP contribution in [0.4, 0.5) is 0 Å². The normalized spacial score (nSPS) is 19.4. The molecule has 9 heteroatoms. The summed E-state index contributed by atoms with van der Waals surface area (Å²) in [6.07, 6.45) is -1.61. The summed E-state index contributed by atoms with van der Waals surface area (Å²) in [5, 5.41) is 33.2. The van der Waals surface area contributed by atoms with E-state index in [-0.39, 0.29) is 36.9 Å². The van der Waals surface area contributed by atoms with Crippen LogP contribution in [0.2, 0.25) is 0 Å². The van der Waals surface area contributed by atoms with Gasteiger partial charge in [-0.2, -0.15) is 0 Å². The number of aliphatic hydroxyl groups excluding tert-OH is 3. The van der Waals surface area contributed by atoms with Crippen LogP contribution in [0.1, 0.15) is 47.0 Å². The number of hydrogen-bond acceptors (Lipinski definition) is 8. The van der Waals surface area contributed by atoms with Gasteiger partial charge in [-0.25, -0.2) is 0 Å². The van der Waals surface area contributed by atoms with Crippen molar-refractivity contribution in [3.63, 3.8) is 0 Å². The SMILES string of the molecule is CO[C@@H](C(=O)C[C@@H](C)C(=O)NCCOC(=O)C1CC1)[C@H](O)[C@@H](O)[C@H](O)/C=C/C(C)(C)C. The summed E-state index contributed by atoms with van der Waals surface area (Å²) >= 11 is 0. The van der Waals surface area contributed by atoms with E-state index in [0.717, 1.165) is 12.8 Å². The van der Waals surface area contributed by atoms with Gasteiger partial charge in [0, 0.05) is 19.4 Å². The number of carbonyl (C=O) groups is 3. The van der Waals surface area contributed by atoms with Crippen LogP contribution in [0.25, 0.3) is 0 Å². The van der Waals surface area contributed by atoms with Gasteiger partial charge in [0.05, 0.1) is 12.5 Å². The highest BCUT2D eigenvalue weighted by molar-refractivity contribution is 5.89. The molecule has 1 amide bonds. The molecule has 0 bridgehead atoms. The van der Waals surface area contributed by atoms with Gasteiger partial charge in [0.2, 0.25) is 5.91 Å². The Labute approximate surface area is 183 Å². The molecule has 4 N–H and O–H groups in total. The third-order valence-corrected chi connectivity index (χ3v) is 4.89. The molecule has 0 heterocycles. The van der Waals surface area contributed by atoms with E-state index in [9.17, 15) is 29.7 Å². The zero-order chi connectivity index (χ0) is 23.8. The van der Waals surface area contributed by atoms with Gasteiger partial charge in [-0.05, 0) is 18.3 Å². The highest BCUT2D eigenvalue weighted by Crippen LogP contribution is 2.29. The van der Waals surface area contributed by atoms with E-state index in [1.807, 2.05) is 20.8 Å². The van der Waals surface area contributed by atoms with Gasteiger partial charge in [-0.15, -0.1) is 0 Å². The number of Topliss-reactive ketones (excluding diaryl/α,β-unsaturated/α-hetero) is 1. The van der Waals surface area contributed by atoms with Gasteiger partial charge in [0.1, 0.15) is 31.0 Å². The van der Waals surface area contributed by atoms with Crippen molar-refractivity contribution in [1.82, 2.24) is 5.32 Å². The highest BCUT2D eigenvalue weighted by Gasteiger charge is 2.36. The lowest BCUT2D eigenvalue weighted by molar-refractivity contribution is -0.149. The monoisotopic (exact) mass is 443 g/mol. The minimum absolute atomic E-state index is 0.0116. The standard InChI is InChI=1S/C22H37NO8/c1-13(20(28)23-10-11-31-21(29)14-6-7-14)12-16(25)19(30-5)18(27)17(26)15(24)8-9-22(2,3)4/h8-9,13-15,17-19,24,26-27H,6-7,10-12H2,1-5H3,(H,23,28)/b9-8+/t13-,15-,17+,18-,19+/m1/s1. The molecule has 0 saturated heterocycles. The summed E-state index contributed by atoms with van der Waals surface area (Å²) in [7, 11) is 1.20. The molecule has 1 aliphatic rings. The first-order chi connectivity index (χ1) is 14.4. The molecule has 0 aliphatic heterocycles. The van der Waals surface area contributed by atoms with Crippen LogP contribution in [0.15, 0.2) is 12.2 Å². The van der Waals surface area contributed by atoms with Crippen LogP contribution in [0, 0.1) is 17.3 Å². The topological polar surface area (TPSA) is 142 Å². The predicted octanol–water partition coefficient (Wildman–Crippen LogP) is 0.351. The Hall–Kier alpha value is -1.81. The number of nitrogens with one attached hydrogen (secondary N) is 1. The molecule has 9 nitrogen and oxygen atoms in total. The number of allylic oxidation sites excluding steroid dienone is 1. The molecule has 1 saturated carbocycles. The Balaban J connectivity index is 2.50. The summed E-state index contributed by atoms with van der Waals surface area (Å²) in [5.41, 5.74) is -0.235. The van der Waals surface area contributed by atoms with E-state index in [1.165, 1.54) is 13.2 Å². The van der Waals surface area contributed by atoms with Gasteiger partial charge in [0.15, 0.2) is 5.78 Å². The minimum atomic E-state index is -1.67. The fraction of sp³-hybridized carbons (Fsp3) is 0.773. The lowest BCUT2D eigenvalue weighted by Crippen LogP contribution is -2.48. The van der Waals surface area contributed by atoms with E-state index in [2.05, 4.69) is 5.32 Å². The number of rotatable bonds is 13. The summed E-state index contributed by atoms with van der Waals surface area (Å²) in [5.74, 6) is -1.98. The first kappa shape index (κ1) is 27.2. The third-order valence-electron chi connectivity index (χ3n) is 4.89. The molecule has 0 radical (unpaired) electrons. The molecule has 1 aliphatic carbocycles. The first-order valence-electron chi connectivity index (χ1n) is 10.6. The molecule has 1 rings (SSSR count). The zero-order valence-electron chi connectivity index (χ0n) is 19.0. The number of methoxy groups -OCH3 is 1. The molecule has 1 fully saturated rings. The molecule has 0 unspecified atom stereocenters. The Kier molecular flexibility index (Phi) is 10.8. The van der Waals surface area contributed by atoms with Gasteiger partial charge in [-0.1, -0.05) is 39.8 Å². The number of ether oxygens (including phenoxy) is 2. The van der Waals surface area contributed by atoms with E-state index in [0.29, 0.717) is 0 Å². The molecule has 0 aromatic rings. The second-order valence-electron chi connectivity index (χ2n) is 9.16. The third kappa shape index (κ3) is 9.90. The second kappa shape index (κ2) is 12.3. The van der Waals surface area contributed by atoms with Crippen LogP contribution in [0.3, 0.4) is 0 Å². The van der Waals surface area contributed by atoms with Gasteiger partial charge >= 0.3 is 5.97 Å². The Bertz CT molecular complexity index is 638. The average Bonchev–Trinajstić information content (AvgIpc) is 3.53. The van der Waals surface area contributed by atoms with Crippen molar-refractivity contribution in [2.24, 2.45) is 17.3 Å². The van der Waals surface area contributed by atoms with Crippen molar-refractivity contribution < 1.29 is 39.2 Å². The summed E-state index contributed by atoms with van der Waals surface area (Å²) in [6.45, 7) is 7.46. The van der Waals surface area contributed by atoms with Crippen molar-refractivity contribution in [3.8, 4) is 0 Å². The van der Waals surface area contributed by atoms with E-state index in [1.54, 1.807) is 13.0 Å². The van der Waals surface area contributed by atoms with Crippen LogP contribution in [-0.4, -0.2) is 77.7 Å². The average molecular weight is 444 g/mol. The predicted molar refractivity (Wildman–Crippen MR) is 113 cm³/mol. The molecule has 178 valence electrons. The maximum Gasteiger partial charge on any atom is 0.308 e. The number of esters is 1. The Morgan fingerprint density at radius 3 is 2.26 bits per heavy atom. The van der Waals surface area contributed by atoms with Crippen molar-refractivity contribution in [2.45, 2.75) is 71.4 Å². The molecule has 31 heavy (non-hydrogen) atoms. The van der Waals surface area contributed by atoms with Crippen molar-refractivity contribution in [3.05, 3.63) is 12.2 Å². The number of hydrogen-bond donors (Lipinski definition) is 4. The van der Waals surface area contributed by atoms with Crippen LogP contribution >= 0.6 is 0 Å². The molecular weight excluding hydrogens is 406 g/mol. The molecular formula is C22H37NO8. The van der Waals surface area contributed by atoms with Crippen molar-refractivity contribution in [2.75, 3.05) is 20.3 Å². The smallest absolute Gasteiger partial charge is 0.308 e. The van der Waals surface area contributed by atoms with Gasteiger partial charge in [-0.3, -0.25) is 14.4 Å². The molecule has 0 spiro atoms. The Morgan fingerprint density at radius 1 is 1.13 bits per heavy atom. The fourth-order valence-corrected chi connectivity index (χ4v) is 2.79. The number of aliphatic hydroxyl groups is 3. The van der Waals surface area contributed by atoms with Crippen LogP contribution in [0.5, 0.6) is 0 Å². The first-order valence-corrected chi connectivity index (χ1v) is 10.6. The lowest BCUT2D eigenvalue weighted by atomic mass is 9.92. The van der Waals surface area contributed by atoms with Crippen LogP contribution < -0.4 is 5.32 Å². The molecule has 0 aromatic carbocycles. The summed E-state index contributed by atoms with van der Waals surface area (Å²) in [4.78, 5) is 36.1. The van der Waals surface area contributed by atoms with Crippen molar-refractivity contribution in [1.29, 1.82) is 0 Å². The second-order valence-corrected chi connectivity index (χ2v) is 9.16. The van der Waals surface area contributed by atoms with E-state index in [4.69, 9.17) is 9.47 Å². The van der Waals surface area contributed by atoms with Crippen LogP contribution in [-0.2, 0) is 23.9 Å². The zero-order valence-corrected chi connectivity index (χ0v) is 19.0. The fourth-order valence-electron chi connectivity index (χ4n) is 2.79. The minimum Gasteiger partial charge on any atom is -0.464 e. The Morgan fingerprint density at radius 2 is 1.74 bits per heavy atom. The van der Waals surface area contributed by atoms with Gasteiger partial charge < -0.3 is 30.1 Å². The quantitative estimate of drug-likeness (QED) is 0.181. The summed E-state index contributed by atoms with van der Waals surface area (Å²) in [6, 6.07) is 0. The van der Waals surface area contributed by atoms with Crippen molar-refractivity contribution >= 4 is 17.7 Å². The largest absolute Gasteiger partial charge is 0.464 e. The van der Waals surface area contributed by atoms with Gasteiger partial charge in [0.25, 0.3) is 0 Å². The maximum absolute atomic E-state index is 12.5.